The molecular formula is C19H20ClN3O2S. The highest BCUT2D eigenvalue weighted by Crippen LogP contribution is 2.29. The summed E-state index contributed by atoms with van der Waals surface area (Å²) in [6.45, 7) is 3.73. The van der Waals surface area contributed by atoms with Crippen LogP contribution in [0.2, 0.25) is 5.02 Å². The number of rotatable bonds is 5. The lowest BCUT2D eigenvalue weighted by Gasteiger charge is -2.24. The predicted octanol–water partition coefficient (Wildman–Crippen LogP) is 4.41. The summed E-state index contributed by atoms with van der Waals surface area (Å²) >= 11 is 8.07. The van der Waals surface area contributed by atoms with Crippen LogP contribution in [0.3, 0.4) is 0 Å². The Labute approximate surface area is 160 Å². The number of carbonyl (C=O) groups excluding carboxylic acids is 1. The molecule has 0 saturated carbocycles. The van der Waals surface area contributed by atoms with Crippen LogP contribution in [0, 0.1) is 6.92 Å². The van der Waals surface area contributed by atoms with Crippen LogP contribution in [-0.2, 0) is 11.3 Å². The lowest BCUT2D eigenvalue weighted by Crippen LogP contribution is -2.37. The van der Waals surface area contributed by atoms with Crippen LogP contribution in [0.15, 0.2) is 29.6 Å². The maximum absolute atomic E-state index is 13.3. The molecule has 136 valence electrons. The first kappa shape index (κ1) is 17.5. The number of thiazole rings is 1. The molecule has 2 aromatic heterocycles. The molecule has 0 aliphatic carbocycles. The van der Waals surface area contributed by atoms with Crippen molar-refractivity contribution in [3.8, 4) is 0 Å². The van der Waals surface area contributed by atoms with Crippen molar-refractivity contribution in [2.45, 2.75) is 32.4 Å². The molecule has 1 saturated heterocycles. The van der Waals surface area contributed by atoms with Crippen LogP contribution in [0.25, 0.3) is 10.9 Å². The van der Waals surface area contributed by atoms with Crippen LogP contribution in [-0.4, -0.2) is 40.0 Å². The number of ether oxygens (including phenoxy) is 1. The topological polar surface area (TPSA) is 58.2 Å². The Bertz CT molecular complexity index is 930. The number of hydrogen-bond donors (Lipinski definition) is 1. The number of nitrogens with one attached hydrogen (secondary N) is 1. The van der Waals surface area contributed by atoms with Gasteiger partial charge in [-0.1, -0.05) is 29.8 Å². The number of benzene rings is 1. The van der Waals surface area contributed by atoms with Crippen LogP contribution in [0.5, 0.6) is 0 Å². The minimum Gasteiger partial charge on any atom is -0.376 e. The lowest BCUT2D eigenvalue weighted by atomic mass is 10.2. The number of aromatic amines is 1. The second-order valence-electron chi connectivity index (χ2n) is 6.56. The zero-order valence-corrected chi connectivity index (χ0v) is 16.1. The number of fused-ring (bicyclic) bond motifs is 1. The van der Waals surface area contributed by atoms with Gasteiger partial charge in [-0.15, -0.1) is 11.3 Å². The van der Waals surface area contributed by atoms with Gasteiger partial charge in [0.2, 0.25) is 0 Å². The third-order valence-electron chi connectivity index (χ3n) is 4.58. The molecule has 3 aromatic rings. The quantitative estimate of drug-likeness (QED) is 0.703. The highest BCUT2D eigenvalue weighted by Gasteiger charge is 2.27. The summed E-state index contributed by atoms with van der Waals surface area (Å²) in [5.74, 6) is -0.116. The molecule has 1 N–H and O–H groups in total. The molecule has 0 bridgehead atoms. The van der Waals surface area contributed by atoms with Crippen molar-refractivity contribution < 1.29 is 9.53 Å². The number of halogens is 1. The highest BCUT2D eigenvalue weighted by molar-refractivity contribution is 7.09. The molecule has 1 atom stereocenters. The van der Waals surface area contributed by atoms with E-state index in [4.69, 9.17) is 16.3 Å². The molecule has 4 rings (SSSR count). The van der Waals surface area contributed by atoms with Gasteiger partial charge in [-0.2, -0.15) is 0 Å². The first-order chi connectivity index (χ1) is 12.6. The summed E-state index contributed by atoms with van der Waals surface area (Å²) in [6, 6.07) is 7.68. The first-order valence-corrected chi connectivity index (χ1v) is 9.95. The Morgan fingerprint density at radius 2 is 2.31 bits per heavy atom. The average molecular weight is 390 g/mol. The van der Waals surface area contributed by atoms with Gasteiger partial charge in [-0.05, 0) is 25.8 Å². The molecule has 0 radical (unpaired) electrons. The van der Waals surface area contributed by atoms with Crippen molar-refractivity contribution in [1.29, 1.82) is 0 Å². The maximum Gasteiger partial charge on any atom is 0.272 e. The summed E-state index contributed by atoms with van der Waals surface area (Å²) in [6.07, 6.45) is 2.08. The molecule has 0 spiro atoms. The van der Waals surface area contributed by atoms with Crippen molar-refractivity contribution in [2.24, 2.45) is 0 Å². The molecule has 1 aliphatic heterocycles. The van der Waals surface area contributed by atoms with Gasteiger partial charge in [0, 0.05) is 35.1 Å². The van der Waals surface area contributed by atoms with Crippen LogP contribution in [0.4, 0.5) is 0 Å². The zero-order chi connectivity index (χ0) is 18.1. The third-order valence-corrected chi connectivity index (χ3v) is 5.93. The van der Waals surface area contributed by atoms with Gasteiger partial charge in [0.1, 0.15) is 10.7 Å². The van der Waals surface area contributed by atoms with Crippen molar-refractivity contribution >= 4 is 39.7 Å². The Morgan fingerprint density at radius 1 is 1.46 bits per heavy atom. The minimum atomic E-state index is -0.116. The standard InChI is InChI=1S/C19H20ClN3O2S/c1-12-11-26-16(21-12)10-23(9-13-5-4-8-25-13)19(24)18-17(20)14-6-2-3-7-15(14)22-18/h2-3,6-7,11,13,22H,4-5,8-10H2,1H3/t13-/m1/s1. The van der Waals surface area contributed by atoms with Gasteiger partial charge in [0.15, 0.2) is 0 Å². The van der Waals surface area contributed by atoms with Crippen molar-refractivity contribution in [3.05, 3.63) is 51.1 Å². The van der Waals surface area contributed by atoms with Crippen molar-refractivity contribution in [3.63, 3.8) is 0 Å². The second kappa shape index (κ2) is 7.39. The Balaban J connectivity index is 1.64. The summed E-state index contributed by atoms with van der Waals surface area (Å²) in [5.41, 5.74) is 2.26. The van der Waals surface area contributed by atoms with Crippen LogP contribution in [0.1, 0.15) is 34.0 Å². The molecule has 0 unspecified atom stereocenters. The molecule has 5 nitrogen and oxygen atoms in total. The summed E-state index contributed by atoms with van der Waals surface area (Å²) in [5, 5.41) is 4.25. The van der Waals surface area contributed by atoms with Crippen LogP contribution >= 0.6 is 22.9 Å². The lowest BCUT2D eigenvalue weighted by molar-refractivity contribution is 0.0503. The predicted molar refractivity (Wildman–Crippen MR) is 104 cm³/mol. The van der Waals surface area contributed by atoms with E-state index in [9.17, 15) is 4.79 Å². The monoisotopic (exact) mass is 389 g/mol. The van der Waals surface area contributed by atoms with E-state index in [1.54, 1.807) is 16.2 Å². The van der Waals surface area contributed by atoms with Crippen molar-refractivity contribution in [2.75, 3.05) is 13.2 Å². The second-order valence-corrected chi connectivity index (χ2v) is 7.88. The van der Waals surface area contributed by atoms with E-state index in [0.29, 0.717) is 23.8 Å². The molecule has 3 heterocycles. The van der Waals surface area contributed by atoms with E-state index in [-0.39, 0.29) is 12.0 Å². The maximum atomic E-state index is 13.3. The average Bonchev–Trinajstić information content (AvgIpc) is 3.36. The van der Waals surface area contributed by atoms with Gasteiger partial charge in [0.05, 0.1) is 17.7 Å². The summed E-state index contributed by atoms with van der Waals surface area (Å²) in [4.78, 5) is 22.7. The minimum absolute atomic E-state index is 0.0724. The van der Waals surface area contributed by atoms with Gasteiger partial charge < -0.3 is 14.6 Å². The number of carbonyl (C=O) groups is 1. The SMILES string of the molecule is Cc1csc(CN(C[C@H]2CCCO2)C(=O)c2[nH]c3ccccc3c2Cl)n1. The number of para-hydroxylation sites is 1. The van der Waals surface area contributed by atoms with E-state index in [1.807, 2.05) is 36.6 Å². The first-order valence-electron chi connectivity index (χ1n) is 8.70. The number of nitrogens with zero attached hydrogens (tertiary/aromatic N) is 2. The third kappa shape index (κ3) is 3.49. The van der Waals surface area contributed by atoms with E-state index >= 15 is 0 Å². The molecule has 1 amide bonds. The molecule has 1 fully saturated rings. The Hall–Kier alpha value is -1.89. The fourth-order valence-corrected chi connectivity index (χ4v) is 4.38. The number of H-pyrrole nitrogens is 1. The smallest absolute Gasteiger partial charge is 0.272 e. The van der Waals surface area contributed by atoms with Gasteiger partial charge >= 0.3 is 0 Å². The van der Waals surface area contributed by atoms with E-state index in [0.717, 1.165) is 41.1 Å². The fourth-order valence-electron chi connectivity index (χ4n) is 3.31. The largest absolute Gasteiger partial charge is 0.376 e. The van der Waals surface area contributed by atoms with E-state index in [2.05, 4.69) is 9.97 Å². The molecule has 1 aliphatic rings. The van der Waals surface area contributed by atoms with E-state index in [1.165, 1.54) is 0 Å². The number of hydrogen-bond acceptors (Lipinski definition) is 4. The summed E-state index contributed by atoms with van der Waals surface area (Å²) in [7, 11) is 0. The Kier molecular flexibility index (Phi) is 4.98. The van der Waals surface area contributed by atoms with Crippen LogP contribution < -0.4 is 0 Å². The highest BCUT2D eigenvalue weighted by atomic mass is 35.5. The molecule has 1 aromatic carbocycles. The number of aromatic nitrogens is 2. The Morgan fingerprint density at radius 3 is 3.00 bits per heavy atom. The van der Waals surface area contributed by atoms with Gasteiger partial charge in [0.25, 0.3) is 5.91 Å². The van der Waals surface area contributed by atoms with Gasteiger partial charge in [-0.3, -0.25) is 4.79 Å². The number of aryl methyl sites for hydroxylation is 1. The zero-order valence-electron chi connectivity index (χ0n) is 14.5. The summed E-state index contributed by atoms with van der Waals surface area (Å²) < 4.78 is 5.75. The van der Waals surface area contributed by atoms with E-state index < -0.39 is 0 Å². The van der Waals surface area contributed by atoms with Gasteiger partial charge in [-0.25, -0.2) is 4.98 Å². The fraction of sp³-hybridized carbons (Fsp3) is 0.368. The van der Waals surface area contributed by atoms with Crippen molar-refractivity contribution in [1.82, 2.24) is 14.9 Å². The normalized spacial score (nSPS) is 17.1. The molecule has 26 heavy (non-hydrogen) atoms. The molecule has 7 heteroatoms. The number of amides is 1. The molecular weight excluding hydrogens is 370 g/mol.